The van der Waals surface area contributed by atoms with Gasteiger partial charge < -0.3 is 15.2 Å². The number of aliphatic hydroxyl groups is 1. The predicted octanol–water partition coefficient (Wildman–Crippen LogP) is 1.06. The van der Waals surface area contributed by atoms with Crippen LogP contribution in [0.5, 0.6) is 0 Å². The summed E-state index contributed by atoms with van der Waals surface area (Å²) >= 11 is 2.20. The highest BCUT2D eigenvalue weighted by Crippen LogP contribution is 2.40. The summed E-state index contributed by atoms with van der Waals surface area (Å²) < 4.78 is 5.17. The van der Waals surface area contributed by atoms with E-state index in [4.69, 9.17) is 10.00 Å². The molecule has 0 aliphatic carbocycles. The number of fused-ring (bicyclic) bond motifs is 1. The van der Waals surface area contributed by atoms with Gasteiger partial charge in [0.15, 0.2) is 10.9 Å². The normalized spacial score (nSPS) is 20.8. The van der Waals surface area contributed by atoms with E-state index >= 15 is 0 Å². The fraction of sp³-hybridized carbons (Fsp3) is 0.333. The number of aliphatic hydroxyl groups excluding tert-OH is 1. The molecule has 0 aromatic heterocycles. The second-order valence-corrected chi connectivity index (χ2v) is 8.48. The number of thioether (sulfide) groups is 2. The number of nitrogens with one attached hydrogen (secondary N) is 1. The minimum atomic E-state index is -0.967. The van der Waals surface area contributed by atoms with Gasteiger partial charge in [-0.05, 0) is 24.0 Å². The molecule has 0 saturated carbocycles. The van der Waals surface area contributed by atoms with Crippen LogP contribution in [0.2, 0.25) is 0 Å². The van der Waals surface area contributed by atoms with Crippen LogP contribution in [0.3, 0.4) is 0 Å². The van der Waals surface area contributed by atoms with Crippen molar-refractivity contribution < 1.29 is 29.2 Å². The van der Waals surface area contributed by atoms with Crippen LogP contribution in [0.25, 0.3) is 0 Å². The van der Waals surface area contributed by atoms with Crippen LogP contribution in [0.15, 0.2) is 35.7 Å². The molecule has 3 atom stereocenters. The number of amides is 2. The molecule has 2 aliphatic rings. The summed E-state index contributed by atoms with van der Waals surface area (Å²) in [5, 5.41) is 30.8. The number of nitro groups is 1. The minimum absolute atomic E-state index is 0.0347. The maximum absolute atomic E-state index is 12.6. The smallest absolute Gasteiger partial charge is 0.358 e. The van der Waals surface area contributed by atoms with E-state index in [1.54, 1.807) is 6.26 Å². The molecule has 0 radical (unpaired) electrons. The van der Waals surface area contributed by atoms with Gasteiger partial charge in [-0.15, -0.1) is 23.5 Å². The molecular formula is C18H16N4O7S2. The number of benzene rings is 1. The van der Waals surface area contributed by atoms with E-state index in [9.17, 15) is 29.6 Å². The summed E-state index contributed by atoms with van der Waals surface area (Å²) in [6.45, 7) is -0.217. The zero-order chi connectivity index (χ0) is 22.7. The van der Waals surface area contributed by atoms with E-state index in [1.165, 1.54) is 24.3 Å². The van der Waals surface area contributed by atoms with Crippen LogP contribution in [-0.4, -0.2) is 61.4 Å². The Morgan fingerprint density at radius 3 is 2.74 bits per heavy atom. The molecular weight excluding hydrogens is 448 g/mol. The standard InChI is InChI=1S/C18H16N4O7S2/c1-30-12(6-19)15(24)20-13-16(25)21-14(11(23)8-31-17(13)21)18(26)29-7-9-2-4-10(5-3-9)22(27)28/h2-5,12-13,17,23H,7-8H2,1H3,(H,20,24)/t12?,13?,17-/m0/s1. The van der Waals surface area contributed by atoms with Crippen molar-refractivity contribution in [3.63, 3.8) is 0 Å². The largest absolute Gasteiger partial charge is 0.509 e. The number of nitriles is 1. The number of carbonyl (C=O) groups is 3. The van der Waals surface area contributed by atoms with Crippen LogP contribution >= 0.6 is 23.5 Å². The van der Waals surface area contributed by atoms with Crippen molar-refractivity contribution in [2.45, 2.75) is 23.3 Å². The van der Waals surface area contributed by atoms with Crippen LogP contribution in [0, 0.1) is 21.4 Å². The topological polar surface area (TPSA) is 163 Å². The van der Waals surface area contributed by atoms with Crippen molar-refractivity contribution in [3.05, 3.63) is 51.4 Å². The summed E-state index contributed by atoms with van der Waals surface area (Å²) in [7, 11) is 0. The molecule has 2 aliphatic heterocycles. The highest BCUT2D eigenvalue weighted by molar-refractivity contribution is 8.00. The molecule has 1 fully saturated rings. The Morgan fingerprint density at radius 2 is 2.16 bits per heavy atom. The van der Waals surface area contributed by atoms with Crippen LogP contribution < -0.4 is 5.32 Å². The van der Waals surface area contributed by atoms with Crippen molar-refractivity contribution >= 4 is 47.0 Å². The summed E-state index contributed by atoms with van der Waals surface area (Å²) in [5.41, 5.74) is 0.0743. The number of ether oxygens (including phenoxy) is 1. The first-order valence-electron chi connectivity index (χ1n) is 8.78. The number of carbonyl (C=O) groups excluding carboxylic acids is 3. The van der Waals surface area contributed by atoms with Gasteiger partial charge in [0, 0.05) is 12.1 Å². The molecule has 1 saturated heterocycles. The van der Waals surface area contributed by atoms with Gasteiger partial charge in [0.1, 0.15) is 23.8 Å². The Morgan fingerprint density at radius 1 is 1.48 bits per heavy atom. The highest BCUT2D eigenvalue weighted by atomic mass is 32.2. The number of nitrogens with zero attached hydrogens (tertiary/aromatic N) is 3. The summed E-state index contributed by atoms with van der Waals surface area (Å²) in [5.74, 6) is -2.43. The molecule has 0 spiro atoms. The maximum atomic E-state index is 12.6. The van der Waals surface area contributed by atoms with E-state index in [0.717, 1.165) is 28.4 Å². The fourth-order valence-electron chi connectivity index (χ4n) is 2.97. The fourth-order valence-corrected chi connectivity index (χ4v) is 4.56. The molecule has 0 bridgehead atoms. The van der Waals surface area contributed by atoms with Gasteiger partial charge in [-0.3, -0.25) is 24.6 Å². The lowest BCUT2D eigenvalue weighted by molar-refractivity contribution is -0.384. The Bertz CT molecular complexity index is 1010. The third kappa shape index (κ3) is 4.44. The Balaban J connectivity index is 1.66. The van der Waals surface area contributed by atoms with E-state index in [-0.39, 0.29) is 29.5 Å². The average Bonchev–Trinajstić information content (AvgIpc) is 2.76. The first-order chi connectivity index (χ1) is 14.8. The molecule has 11 nitrogen and oxygen atoms in total. The SMILES string of the molecule is CSC(C#N)C(=O)NC1C(=O)N2C(C(=O)OCc3ccc([N+](=O)[O-])cc3)=C(O)CS[C@@H]12. The first kappa shape index (κ1) is 22.4. The molecule has 3 rings (SSSR count). The zero-order valence-corrected chi connectivity index (χ0v) is 17.6. The molecule has 162 valence electrons. The zero-order valence-electron chi connectivity index (χ0n) is 16.0. The lowest BCUT2D eigenvalue weighted by atomic mass is 10.0. The van der Waals surface area contributed by atoms with Crippen molar-refractivity contribution in [2.24, 2.45) is 0 Å². The van der Waals surface area contributed by atoms with Gasteiger partial charge in [-0.2, -0.15) is 5.26 Å². The maximum Gasteiger partial charge on any atom is 0.358 e. The van der Waals surface area contributed by atoms with Gasteiger partial charge in [0.25, 0.3) is 11.6 Å². The second kappa shape index (κ2) is 9.27. The summed E-state index contributed by atoms with van der Waals surface area (Å²) in [6.07, 6.45) is 1.59. The Kier molecular flexibility index (Phi) is 6.71. The molecule has 2 heterocycles. The average molecular weight is 464 g/mol. The van der Waals surface area contributed by atoms with Crippen molar-refractivity contribution in [1.82, 2.24) is 10.2 Å². The van der Waals surface area contributed by atoms with Crippen molar-refractivity contribution in [2.75, 3.05) is 12.0 Å². The van der Waals surface area contributed by atoms with Crippen LogP contribution in [0.1, 0.15) is 5.56 Å². The molecule has 2 N–H and O–H groups in total. The van der Waals surface area contributed by atoms with E-state index in [2.05, 4.69) is 5.32 Å². The number of hydrogen-bond acceptors (Lipinski definition) is 10. The van der Waals surface area contributed by atoms with E-state index in [1.807, 2.05) is 6.07 Å². The van der Waals surface area contributed by atoms with Crippen LogP contribution in [-0.2, 0) is 25.7 Å². The van der Waals surface area contributed by atoms with Gasteiger partial charge >= 0.3 is 5.97 Å². The number of rotatable bonds is 7. The molecule has 1 aromatic carbocycles. The number of hydrogen-bond donors (Lipinski definition) is 2. The Hall–Kier alpha value is -3.24. The molecule has 31 heavy (non-hydrogen) atoms. The lowest BCUT2D eigenvalue weighted by Gasteiger charge is -2.48. The predicted molar refractivity (Wildman–Crippen MR) is 110 cm³/mol. The second-order valence-electron chi connectivity index (χ2n) is 6.44. The molecule has 13 heteroatoms. The number of nitro benzene ring substituents is 1. The quantitative estimate of drug-likeness (QED) is 0.258. The summed E-state index contributed by atoms with van der Waals surface area (Å²) in [6, 6.07) is 6.29. The van der Waals surface area contributed by atoms with Crippen LogP contribution in [0.4, 0.5) is 5.69 Å². The molecule has 1 aromatic rings. The van der Waals surface area contributed by atoms with Gasteiger partial charge in [-0.25, -0.2) is 4.79 Å². The van der Waals surface area contributed by atoms with Gasteiger partial charge in [0.2, 0.25) is 5.91 Å². The minimum Gasteiger partial charge on any atom is -0.509 e. The third-order valence-electron chi connectivity index (χ3n) is 4.55. The first-order valence-corrected chi connectivity index (χ1v) is 11.1. The Labute approximate surface area is 184 Å². The van der Waals surface area contributed by atoms with E-state index < -0.39 is 39.4 Å². The monoisotopic (exact) mass is 464 g/mol. The summed E-state index contributed by atoms with van der Waals surface area (Å²) in [4.78, 5) is 48.4. The van der Waals surface area contributed by atoms with Gasteiger partial charge in [0.05, 0.1) is 16.7 Å². The highest BCUT2D eigenvalue weighted by Gasteiger charge is 2.55. The number of non-ortho nitro benzene ring substituents is 1. The third-order valence-corrected chi connectivity index (χ3v) is 6.60. The molecule has 2 amide bonds. The van der Waals surface area contributed by atoms with Gasteiger partial charge in [-0.1, -0.05) is 0 Å². The number of esters is 1. The van der Waals surface area contributed by atoms with Crippen molar-refractivity contribution in [1.29, 1.82) is 5.26 Å². The number of β-lactam (4-membered cyclic amide) rings is 1. The van der Waals surface area contributed by atoms with E-state index in [0.29, 0.717) is 5.56 Å². The van der Waals surface area contributed by atoms with Crippen molar-refractivity contribution in [3.8, 4) is 6.07 Å². The lowest BCUT2D eigenvalue weighted by Crippen LogP contribution is -2.71. The molecule has 2 unspecified atom stereocenters.